The van der Waals surface area contributed by atoms with E-state index in [1.54, 1.807) is 12.1 Å². The molecule has 0 heterocycles. The normalized spacial score (nSPS) is 12.4. The van der Waals surface area contributed by atoms with Crippen molar-refractivity contribution in [1.82, 2.24) is 5.32 Å². The predicted octanol–water partition coefficient (Wildman–Crippen LogP) is 2.55. The molecular weight excluding hydrogens is 279 g/mol. The van der Waals surface area contributed by atoms with Crippen LogP contribution in [-0.2, 0) is 4.79 Å². The SMILES string of the molecule is CCNC(CSc1ccc(Cl)c(Cl)c1)C(N)=O. The van der Waals surface area contributed by atoms with E-state index in [0.29, 0.717) is 22.3 Å². The van der Waals surface area contributed by atoms with E-state index in [4.69, 9.17) is 28.9 Å². The molecule has 0 aliphatic carbocycles. The summed E-state index contributed by atoms with van der Waals surface area (Å²) in [7, 11) is 0. The fourth-order valence-electron chi connectivity index (χ4n) is 1.23. The smallest absolute Gasteiger partial charge is 0.235 e. The second kappa shape index (κ2) is 7.11. The molecule has 17 heavy (non-hydrogen) atoms. The van der Waals surface area contributed by atoms with E-state index in [0.717, 1.165) is 4.90 Å². The van der Waals surface area contributed by atoms with Crippen molar-refractivity contribution in [2.75, 3.05) is 12.3 Å². The highest BCUT2D eigenvalue weighted by atomic mass is 35.5. The number of hydrogen-bond acceptors (Lipinski definition) is 3. The molecule has 1 atom stereocenters. The zero-order valence-electron chi connectivity index (χ0n) is 9.37. The van der Waals surface area contributed by atoms with Crippen LogP contribution in [0, 0.1) is 0 Å². The molecule has 0 saturated carbocycles. The quantitative estimate of drug-likeness (QED) is 0.793. The Morgan fingerprint density at radius 1 is 1.47 bits per heavy atom. The number of carbonyl (C=O) groups is 1. The van der Waals surface area contributed by atoms with E-state index in [9.17, 15) is 4.79 Å². The Hall–Kier alpha value is -0.420. The van der Waals surface area contributed by atoms with Crippen LogP contribution in [0.3, 0.4) is 0 Å². The van der Waals surface area contributed by atoms with Gasteiger partial charge in [0.1, 0.15) is 0 Å². The first kappa shape index (κ1) is 14.6. The zero-order chi connectivity index (χ0) is 12.8. The van der Waals surface area contributed by atoms with Crippen LogP contribution in [0.4, 0.5) is 0 Å². The summed E-state index contributed by atoms with van der Waals surface area (Å²) in [6, 6.07) is 5.04. The molecule has 6 heteroatoms. The summed E-state index contributed by atoms with van der Waals surface area (Å²) in [6.07, 6.45) is 0. The predicted molar refractivity (Wildman–Crippen MR) is 73.8 cm³/mol. The van der Waals surface area contributed by atoms with Crippen molar-refractivity contribution in [2.45, 2.75) is 17.9 Å². The highest BCUT2D eigenvalue weighted by molar-refractivity contribution is 7.99. The van der Waals surface area contributed by atoms with Gasteiger partial charge >= 0.3 is 0 Å². The summed E-state index contributed by atoms with van der Waals surface area (Å²) in [5.41, 5.74) is 5.28. The number of nitrogens with one attached hydrogen (secondary N) is 1. The standard InChI is InChI=1S/C11H14Cl2N2OS/c1-2-15-10(11(14)16)6-17-7-3-4-8(12)9(13)5-7/h3-5,10,15H,2,6H2,1H3,(H2,14,16). The van der Waals surface area contributed by atoms with Crippen LogP contribution in [0.1, 0.15) is 6.92 Å². The number of carbonyl (C=O) groups excluding carboxylic acids is 1. The summed E-state index contributed by atoms with van der Waals surface area (Å²) in [6.45, 7) is 2.63. The Bertz CT molecular complexity index is 401. The van der Waals surface area contributed by atoms with Gasteiger partial charge in [0.05, 0.1) is 16.1 Å². The lowest BCUT2D eigenvalue weighted by Gasteiger charge is -2.13. The highest BCUT2D eigenvalue weighted by Crippen LogP contribution is 2.28. The highest BCUT2D eigenvalue weighted by Gasteiger charge is 2.14. The minimum atomic E-state index is -0.348. The fourth-order valence-corrected chi connectivity index (χ4v) is 2.60. The van der Waals surface area contributed by atoms with Crippen LogP contribution in [0.2, 0.25) is 10.0 Å². The van der Waals surface area contributed by atoms with Gasteiger partial charge in [0.15, 0.2) is 0 Å². The van der Waals surface area contributed by atoms with E-state index in [-0.39, 0.29) is 11.9 Å². The first-order valence-corrected chi connectivity index (χ1v) is 6.89. The molecule has 0 spiro atoms. The molecule has 94 valence electrons. The molecule has 0 saturated heterocycles. The summed E-state index contributed by atoms with van der Waals surface area (Å²) in [5.74, 6) is 0.223. The van der Waals surface area contributed by atoms with Gasteiger partial charge in [-0.1, -0.05) is 30.1 Å². The van der Waals surface area contributed by atoms with Gasteiger partial charge < -0.3 is 11.1 Å². The number of benzene rings is 1. The van der Waals surface area contributed by atoms with Crippen molar-refractivity contribution >= 4 is 40.9 Å². The molecule has 0 fully saturated rings. The molecular formula is C11H14Cl2N2OS. The first-order chi connectivity index (χ1) is 8.04. The maximum absolute atomic E-state index is 11.1. The molecule has 3 nitrogen and oxygen atoms in total. The molecule has 3 N–H and O–H groups in total. The van der Waals surface area contributed by atoms with E-state index in [2.05, 4.69) is 5.32 Å². The van der Waals surface area contributed by atoms with Crippen LogP contribution in [-0.4, -0.2) is 24.2 Å². The topological polar surface area (TPSA) is 55.1 Å². The lowest BCUT2D eigenvalue weighted by molar-refractivity contribution is -0.119. The largest absolute Gasteiger partial charge is 0.368 e. The summed E-state index contributed by atoms with van der Waals surface area (Å²) < 4.78 is 0. The minimum Gasteiger partial charge on any atom is -0.368 e. The Morgan fingerprint density at radius 3 is 2.71 bits per heavy atom. The van der Waals surface area contributed by atoms with Crippen molar-refractivity contribution in [3.8, 4) is 0 Å². The van der Waals surface area contributed by atoms with Crippen molar-refractivity contribution in [3.63, 3.8) is 0 Å². The average Bonchev–Trinajstić information content (AvgIpc) is 2.28. The number of nitrogens with two attached hydrogens (primary N) is 1. The number of halogens is 2. The van der Waals surface area contributed by atoms with Crippen LogP contribution in [0.15, 0.2) is 23.1 Å². The molecule has 1 unspecified atom stereocenters. The Labute approximate surface area is 115 Å². The number of likely N-dealkylation sites (N-methyl/N-ethyl adjacent to an activating group) is 1. The lowest BCUT2D eigenvalue weighted by atomic mass is 10.3. The van der Waals surface area contributed by atoms with E-state index < -0.39 is 0 Å². The monoisotopic (exact) mass is 292 g/mol. The molecule has 1 amide bonds. The third-order valence-corrected chi connectivity index (χ3v) is 3.93. The van der Waals surface area contributed by atoms with Gasteiger partial charge in [-0.05, 0) is 24.7 Å². The second-order valence-corrected chi connectivity index (χ2v) is 5.31. The molecule has 0 bridgehead atoms. The number of amides is 1. The van der Waals surface area contributed by atoms with Crippen molar-refractivity contribution in [1.29, 1.82) is 0 Å². The lowest BCUT2D eigenvalue weighted by Crippen LogP contribution is -2.42. The van der Waals surface area contributed by atoms with Gasteiger partial charge in [0, 0.05) is 10.6 Å². The molecule has 1 aromatic rings. The molecule has 0 aromatic heterocycles. The first-order valence-electron chi connectivity index (χ1n) is 5.15. The Kier molecular flexibility index (Phi) is 6.12. The summed E-state index contributed by atoms with van der Waals surface area (Å²) >= 11 is 13.2. The third-order valence-electron chi connectivity index (χ3n) is 2.10. The maximum Gasteiger partial charge on any atom is 0.235 e. The van der Waals surface area contributed by atoms with E-state index >= 15 is 0 Å². The number of primary amides is 1. The summed E-state index contributed by atoms with van der Waals surface area (Å²) in [4.78, 5) is 12.1. The molecule has 0 aliphatic heterocycles. The third kappa shape index (κ3) is 4.76. The van der Waals surface area contributed by atoms with Crippen LogP contribution < -0.4 is 11.1 Å². The number of hydrogen-bond donors (Lipinski definition) is 2. The fraction of sp³-hybridized carbons (Fsp3) is 0.364. The van der Waals surface area contributed by atoms with Gasteiger partial charge in [-0.15, -0.1) is 11.8 Å². The average molecular weight is 293 g/mol. The van der Waals surface area contributed by atoms with Crippen molar-refractivity contribution < 1.29 is 4.79 Å². The van der Waals surface area contributed by atoms with Crippen molar-refractivity contribution in [2.24, 2.45) is 5.73 Å². The van der Waals surface area contributed by atoms with Crippen LogP contribution in [0.25, 0.3) is 0 Å². The second-order valence-electron chi connectivity index (χ2n) is 3.40. The minimum absolute atomic E-state index is 0.334. The number of thioether (sulfide) groups is 1. The van der Waals surface area contributed by atoms with Gasteiger partial charge in [0.25, 0.3) is 0 Å². The summed E-state index contributed by atoms with van der Waals surface area (Å²) in [5, 5.41) is 4.06. The van der Waals surface area contributed by atoms with Gasteiger partial charge in [0.2, 0.25) is 5.91 Å². The van der Waals surface area contributed by atoms with E-state index in [1.165, 1.54) is 11.8 Å². The van der Waals surface area contributed by atoms with Gasteiger partial charge in [-0.25, -0.2) is 0 Å². The Morgan fingerprint density at radius 2 is 2.18 bits per heavy atom. The van der Waals surface area contributed by atoms with E-state index in [1.807, 2.05) is 13.0 Å². The van der Waals surface area contributed by atoms with Crippen molar-refractivity contribution in [3.05, 3.63) is 28.2 Å². The Balaban J connectivity index is 2.59. The van der Waals surface area contributed by atoms with Gasteiger partial charge in [-0.3, -0.25) is 4.79 Å². The molecule has 1 rings (SSSR count). The van der Waals surface area contributed by atoms with Gasteiger partial charge in [-0.2, -0.15) is 0 Å². The molecule has 0 radical (unpaired) electrons. The number of rotatable bonds is 6. The molecule has 1 aromatic carbocycles. The molecule has 0 aliphatic rings. The maximum atomic E-state index is 11.1. The zero-order valence-corrected chi connectivity index (χ0v) is 11.7. The van der Waals surface area contributed by atoms with Crippen LogP contribution >= 0.6 is 35.0 Å². The van der Waals surface area contributed by atoms with Crippen LogP contribution in [0.5, 0.6) is 0 Å².